The van der Waals surface area contributed by atoms with E-state index in [1.165, 1.54) is 0 Å². The number of hydrogen-bond acceptors (Lipinski definition) is 5. The van der Waals surface area contributed by atoms with Gasteiger partial charge in [-0.15, -0.1) is 0 Å². The molecular formula is C19H23N5O2. The second kappa shape index (κ2) is 7.86. The van der Waals surface area contributed by atoms with E-state index < -0.39 is 0 Å². The first-order chi connectivity index (χ1) is 12.6. The number of rotatable bonds is 7. The van der Waals surface area contributed by atoms with Crippen LogP contribution in [0.1, 0.15) is 30.6 Å². The van der Waals surface area contributed by atoms with E-state index in [-0.39, 0.29) is 11.9 Å². The zero-order valence-corrected chi connectivity index (χ0v) is 15.2. The van der Waals surface area contributed by atoms with E-state index in [9.17, 15) is 4.79 Å². The average Bonchev–Trinajstić information content (AvgIpc) is 2.97. The molecule has 2 N–H and O–H groups in total. The van der Waals surface area contributed by atoms with E-state index in [1.807, 2.05) is 48.7 Å². The lowest BCUT2D eigenvalue weighted by atomic mass is 10.1. The van der Waals surface area contributed by atoms with Gasteiger partial charge < -0.3 is 15.4 Å². The molecule has 0 spiro atoms. The summed E-state index contributed by atoms with van der Waals surface area (Å²) in [6, 6.07) is 7.64. The van der Waals surface area contributed by atoms with Crippen molar-refractivity contribution >= 4 is 17.4 Å². The van der Waals surface area contributed by atoms with Crippen LogP contribution in [0.15, 0.2) is 42.9 Å². The van der Waals surface area contributed by atoms with Gasteiger partial charge in [0.25, 0.3) is 0 Å². The summed E-state index contributed by atoms with van der Waals surface area (Å²) < 4.78 is 7.08. The summed E-state index contributed by atoms with van der Waals surface area (Å²) in [5.74, 6) is 1.68. The van der Waals surface area contributed by atoms with Crippen molar-refractivity contribution in [2.45, 2.75) is 26.3 Å². The zero-order valence-electron chi connectivity index (χ0n) is 15.2. The molecule has 0 saturated carbocycles. The third-order valence-electron chi connectivity index (χ3n) is 4.24. The van der Waals surface area contributed by atoms with Crippen LogP contribution in [-0.4, -0.2) is 33.9 Å². The lowest BCUT2D eigenvalue weighted by Crippen LogP contribution is -2.28. The molecule has 1 aromatic carbocycles. The van der Waals surface area contributed by atoms with Gasteiger partial charge in [-0.3, -0.25) is 14.2 Å². The molecule has 7 nitrogen and oxygen atoms in total. The van der Waals surface area contributed by atoms with Gasteiger partial charge in [0.15, 0.2) is 5.65 Å². The highest BCUT2D eigenvalue weighted by Crippen LogP contribution is 2.18. The highest BCUT2D eigenvalue weighted by Gasteiger charge is 2.11. The maximum atomic E-state index is 12.2. The topological polar surface area (TPSA) is 80.5 Å². The van der Waals surface area contributed by atoms with Gasteiger partial charge in [0.05, 0.1) is 25.0 Å². The largest absolute Gasteiger partial charge is 0.497 e. The Morgan fingerprint density at radius 1 is 1.31 bits per heavy atom. The number of fused-ring (bicyclic) bond motifs is 1. The average molecular weight is 353 g/mol. The summed E-state index contributed by atoms with van der Waals surface area (Å²) in [6.45, 7) is 4.42. The van der Waals surface area contributed by atoms with Crippen LogP contribution in [0.4, 0.5) is 5.82 Å². The Morgan fingerprint density at radius 2 is 2.08 bits per heavy atom. The molecule has 0 aliphatic rings. The van der Waals surface area contributed by atoms with Crippen molar-refractivity contribution in [3.8, 4) is 5.75 Å². The molecule has 0 aliphatic heterocycles. The summed E-state index contributed by atoms with van der Waals surface area (Å²) in [7, 11) is 1.63. The van der Waals surface area contributed by atoms with E-state index in [2.05, 4.69) is 20.6 Å². The summed E-state index contributed by atoms with van der Waals surface area (Å²) in [5, 5.41) is 6.30. The number of anilines is 1. The van der Waals surface area contributed by atoms with Gasteiger partial charge in [0.2, 0.25) is 5.91 Å². The first-order valence-corrected chi connectivity index (χ1v) is 8.54. The molecule has 1 amide bonds. The van der Waals surface area contributed by atoms with Gasteiger partial charge >= 0.3 is 0 Å². The second-order valence-corrected chi connectivity index (χ2v) is 6.09. The quantitative estimate of drug-likeness (QED) is 0.683. The molecule has 2 heterocycles. The molecule has 2 aromatic heterocycles. The van der Waals surface area contributed by atoms with Crippen molar-refractivity contribution in [2.24, 2.45) is 0 Å². The number of carbonyl (C=O) groups is 1. The minimum atomic E-state index is -0.0583. The molecule has 26 heavy (non-hydrogen) atoms. The number of aryl methyl sites for hydroxylation is 1. The number of nitrogens with zero attached hydrogens (tertiary/aromatic N) is 3. The van der Waals surface area contributed by atoms with Gasteiger partial charge in [0.1, 0.15) is 11.6 Å². The van der Waals surface area contributed by atoms with Crippen LogP contribution in [0.25, 0.3) is 5.65 Å². The molecule has 1 unspecified atom stereocenters. The van der Waals surface area contributed by atoms with Gasteiger partial charge in [-0.2, -0.15) is 0 Å². The number of aromatic nitrogens is 3. The van der Waals surface area contributed by atoms with Crippen LogP contribution in [0.2, 0.25) is 0 Å². The fraction of sp³-hybridized carbons (Fsp3) is 0.316. The molecule has 7 heteroatoms. The SMILES string of the molecule is COc1ccc(C(C)NC(=O)CCNc2c(C)nc3cnccn23)cc1. The Bertz CT molecular complexity index is 889. The number of imidazole rings is 1. The van der Waals surface area contributed by atoms with Crippen LogP contribution < -0.4 is 15.4 Å². The third-order valence-corrected chi connectivity index (χ3v) is 4.24. The second-order valence-electron chi connectivity index (χ2n) is 6.09. The van der Waals surface area contributed by atoms with Crippen LogP contribution in [0, 0.1) is 6.92 Å². The lowest BCUT2D eigenvalue weighted by Gasteiger charge is -2.15. The van der Waals surface area contributed by atoms with Crippen molar-refractivity contribution in [3.63, 3.8) is 0 Å². The van der Waals surface area contributed by atoms with Crippen LogP contribution >= 0.6 is 0 Å². The maximum absolute atomic E-state index is 12.2. The van der Waals surface area contributed by atoms with Crippen molar-refractivity contribution < 1.29 is 9.53 Å². The molecule has 3 aromatic rings. The zero-order chi connectivity index (χ0) is 18.5. The van der Waals surface area contributed by atoms with Crippen molar-refractivity contribution in [3.05, 3.63) is 54.1 Å². The minimum absolute atomic E-state index is 0.00559. The standard InChI is InChI=1S/C19H23N5O2/c1-13(15-4-6-16(26-3)7-5-15)23-18(25)8-9-21-19-14(2)22-17-12-20-10-11-24(17)19/h4-7,10-13,21H,8-9H2,1-3H3,(H,23,25). The summed E-state index contributed by atoms with van der Waals surface area (Å²) in [5.41, 5.74) is 2.70. The highest BCUT2D eigenvalue weighted by atomic mass is 16.5. The third kappa shape index (κ3) is 3.93. The predicted molar refractivity (Wildman–Crippen MR) is 100 cm³/mol. The number of nitrogens with one attached hydrogen (secondary N) is 2. The number of carbonyl (C=O) groups excluding carboxylic acids is 1. The molecule has 136 valence electrons. The van der Waals surface area contributed by atoms with Crippen LogP contribution in [-0.2, 0) is 4.79 Å². The maximum Gasteiger partial charge on any atom is 0.222 e. The molecule has 0 radical (unpaired) electrons. The van der Waals surface area contributed by atoms with E-state index in [0.717, 1.165) is 28.5 Å². The fourth-order valence-corrected chi connectivity index (χ4v) is 2.82. The summed E-state index contributed by atoms with van der Waals surface area (Å²) in [6.07, 6.45) is 5.64. The van der Waals surface area contributed by atoms with Crippen molar-refractivity contribution in [1.82, 2.24) is 19.7 Å². The smallest absolute Gasteiger partial charge is 0.222 e. The predicted octanol–water partition coefficient (Wildman–Crippen LogP) is 2.73. The summed E-state index contributed by atoms with van der Waals surface area (Å²) >= 11 is 0. The minimum Gasteiger partial charge on any atom is -0.497 e. The number of benzene rings is 1. The Labute approximate surface area is 152 Å². The molecule has 0 aliphatic carbocycles. The Kier molecular flexibility index (Phi) is 5.36. The van der Waals surface area contributed by atoms with E-state index in [1.54, 1.807) is 19.5 Å². The Hall–Kier alpha value is -3.09. The highest BCUT2D eigenvalue weighted by molar-refractivity contribution is 5.77. The summed E-state index contributed by atoms with van der Waals surface area (Å²) in [4.78, 5) is 20.7. The van der Waals surface area contributed by atoms with Gasteiger partial charge in [0, 0.05) is 25.4 Å². The van der Waals surface area contributed by atoms with E-state index in [4.69, 9.17) is 4.74 Å². The van der Waals surface area contributed by atoms with Gasteiger partial charge in [-0.1, -0.05) is 12.1 Å². The van der Waals surface area contributed by atoms with E-state index in [0.29, 0.717) is 13.0 Å². The molecule has 0 bridgehead atoms. The molecular weight excluding hydrogens is 330 g/mol. The van der Waals surface area contributed by atoms with Crippen LogP contribution in [0.3, 0.4) is 0 Å². The van der Waals surface area contributed by atoms with Gasteiger partial charge in [-0.05, 0) is 31.5 Å². The first kappa shape index (κ1) is 17.7. The Morgan fingerprint density at radius 3 is 2.81 bits per heavy atom. The van der Waals surface area contributed by atoms with Crippen LogP contribution in [0.5, 0.6) is 5.75 Å². The number of ether oxygens (including phenoxy) is 1. The number of amides is 1. The van der Waals surface area contributed by atoms with Crippen molar-refractivity contribution in [2.75, 3.05) is 19.0 Å². The molecule has 0 saturated heterocycles. The molecule has 3 rings (SSSR count). The monoisotopic (exact) mass is 353 g/mol. The normalized spacial score (nSPS) is 12.0. The van der Waals surface area contributed by atoms with Crippen molar-refractivity contribution in [1.29, 1.82) is 0 Å². The lowest BCUT2D eigenvalue weighted by molar-refractivity contribution is -0.121. The Balaban J connectivity index is 1.52. The number of methoxy groups -OCH3 is 1. The first-order valence-electron chi connectivity index (χ1n) is 8.54. The van der Waals surface area contributed by atoms with E-state index >= 15 is 0 Å². The molecule has 1 atom stereocenters. The number of hydrogen-bond donors (Lipinski definition) is 2. The molecule has 0 fully saturated rings. The van der Waals surface area contributed by atoms with Gasteiger partial charge in [-0.25, -0.2) is 4.98 Å². The fourth-order valence-electron chi connectivity index (χ4n) is 2.82.